The summed E-state index contributed by atoms with van der Waals surface area (Å²) in [6, 6.07) is 7.21. The van der Waals surface area contributed by atoms with Gasteiger partial charge in [-0.15, -0.1) is 0 Å². The standard InChI is InChI=1S/C17H16ClN5O2S/c1-10-4-3-5-12(18)15(10)23-16(24)13-7-19-17(26-13)22-14-6-11(8-25-2)20-9-21-14/h3-7,9H,8H2,1-2H3,(H,23,24)(H,19,20,21,22). The van der Waals surface area contributed by atoms with Crippen LogP contribution in [0.15, 0.2) is 36.8 Å². The molecule has 134 valence electrons. The molecule has 0 unspecified atom stereocenters. The van der Waals surface area contributed by atoms with Gasteiger partial charge in [-0.05, 0) is 18.6 Å². The van der Waals surface area contributed by atoms with Gasteiger partial charge in [0.1, 0.15) is 17.0 Å². The van der Waals surface area contributed by atoms with Crippen molar-refractivity contribution in [2.24, 2.45) is 0 Å². The van der Waals surface area contributed by atoms with Gasteiger partial charge in [-0.3, -0.25) is 4.79 Å². The number of carbonyl (C=O) groups is 1. The molecule has 2 N–H and O–H groups in total. The summed E-state index contributed by atoms with van der Waals surface area (Å²) in [6.45, 7) is 2.27. The van der Waals surface area contributed by atoms with Gasteiger partial charge in [-0.1, -0.05) is 35.1 Å². The van der Waals surface area contributed by atoms with Crippen LogP contribution in [-0.2, 0) is 11.3 Å². The van der Waals surface area contributed by atoms with Crippen LogP contribution in [0, 0.1) is 6.92 Å². The minimum absolute atomic E-state index is 0.269. The molecular formula is C17H16ClN5O2S. The van der Waals surface area contributed by atoms with Crippen molar-refractivity contribution in [1.82, 2.24) is 15.0 Å². The highest BCUT2D eigenvalue weighted by atomic mass is 35.5. The van der Waals surface area contributed by atoms with Gasteiger partial charge >= 0.3 is 0 Å². The number of thiazole rings is 1. The molecule has 0 radical (unpaired) electrons. The summed E-state index contributed by atoms with van der Waals surface area (Å²) >= 11 is 7.37. The van der Waals surface area contributed by atoms with E-state index in [4.69, 9.17) is 16.3 Å². The van der Waals surface area contributed by atoms with E-state index in [0.29, 0.717) is 33.1 Å². The number of methoxy groups -OCH3 is 1. The zero-order valence-corrected chi connectivity index (χ0v) is 15.7. The molecule has 3 rings (SSSR count). The summed E-state index contributed by atoms with van der Waals surface area (Å²) in [4.78, 5) is 25.4. The Morgan fingerprint density at radius 1 is 1.31 bits per heavy atom. The molecule has 0 spiro atoms. The fourth-order valence-corrected chi connectivity index (χ4v) is 3.19. The summed E-state index contributed by atoms with van der Waals surface area (Å²) < 4.78 is 5.05. The van der Waals surface area contributed by atoms with Gasteiger partial charge in [-0.25, -0.2) is 15.0 Å². The van der Waals surface area contributed by atoms with E-state index in [1.807, 2.05) is 19.1 Å². The van der Waals surface area contributed by atoms with Gasteiger partial charge in [0.15, 0.2) is 5.13 Å². The van der Waals surface area contributed by atoms with Crippen molar-refractivity contribution >= 4 is 45.5 Å². The predicted molar refractivity (Wildman–Crippen MR) is 102 cm³/mol. The molecule has 9 heteroatoms. The van der Waals surface area contributed by atoms with Crippen molar-refractivity contribution in [2.75, 3.05) is 17.7 Å². The van der Waals surface area contributed by atoms with Crippen LogP contribution in [0.3, 0.4) is 0 Å². The number of para-hydroxylation sites is 1. The number of amides is 1. The molecule has 0 atom stereocenters. The van der Waals surface area contributed by atoms with Gasteiger partial charge < -0.3 is 15.4 Å². The zero-order valence-electron chi connectivity index (χ0n) is 14.1. The summed E-state index contributed by atoms with van der Waals surface area (Å²) in [7, 11) is 1.60. The lowest BCUT2D eigenvalue weighted by Crippen LogP contribution is -2.11. The van der Waals surface area contributed by atoms with Crippen LogP contribution in [0.1, 0.15) is 20.9 Å². The Morgan fingerprint density at radius 2 is 2.15 bits per heavy atom. The summed E-state index contributed by atoms with van der Waals surface area (Å²) in [5, 5.41) is 6.93. The van der Waals surface area contributed by atoms with Crippen LogP contribution in [-0.4, -0.2) is 28.0 Å². The van der Waals surface area contributed by atoms with E-state index in [2.05, 4.69) is 25.6 Å². The average Bonchev–Trinajstić information content (AvgIpc) is 3.07. The van der Waals surface area contributed by atoms with Crippen LogP contribution in [0.4, 0.5) is 16.6 Å². The van der Waals surface area contributed by atoms with Gasteiger partial charge in [-0.2, -0.15) is 0 Å². The van der Waals surface area contributed by atoms with Crippen LogP contribution in [0.5, 0.6) is 0 Å². The number of aromatic nitrogens is 3. The molecule has 3 aromatic rings. The van der Waals surface area contributed by atoms with Crippen molar-refractivity contribution in [3.63, 3.8) is 0 Å². The van der Waals surface area contributed by atoms with E-state index in [-0.39, 0.29) is 5.91 Å². The second-order valence-corrected chi connectivity index (χ2v) is 6.81. The third kappa shape index (κ3) is 4.34. The monoisotopic (exact) mass is 389 g/mol. The maximum atomic E-state index is 12.5. The number of nitrogens with one attached hydrogen (secondary N) is 2. The number of anilines is 3. The summed E-state index contributed by atoms with van der Waals surface area (Å²) in [6.07, 6.45) is 2.95. The molecule has 0 saturated carbocycles. The maximum Gasteiger partial charge on any atom is 0.267 e. The van der Waals surface area contributed by atoms with Crippen molar-refractivity contribution in [1.29, 1.82) is 0 Å². The largest absolute Gasteiger partial charge is 0.378 e. The number of rotatable bonds is 6. The first-order chi connectivity index (χ1) is 12.6. The van der Waals surface area contributed by atoms with E-state index >= 15 is 0 Å². The van der Waals surface area contributed by atoms with Gasteiger partial charge in [0, 0.05) is 13.2 Å². The first-order valence-corrected chi connectivity index (χ1v) is 8.85. The fraction of sp³-hybridized carbons (Fsp3) is 0.176. The van der Waals surface area contributed by atoms with Crippen molar-refractivity contribution < 1.29 is 9.53 Å². The third-order valence-electron chi connectivity index (χ3n) is 3.44. The van der Waals surface area contributed by atoms with Crippen LogP contribution in [0.25, 0.3) is 0 Å². The van der Waals surface area contributed by atoms with Gasteiger partial charge in [0.05, 0.1) is 29.2 Å². The number of aryl methyl sites for hydroxylation is 1. The van der Waals surface area contributed by atoms with E-state index in [9.17, 15) is 4.79 Å². The first-order valence-electron chi connectivity index (χ1n) is 7.66. The molecule has 1 aromatic carbocycles. The number of ether oxygens (including phenoxy) is 1. The normalized spacial score (nSPS) is 10.6. The number of hydrogen-bond donors (Lipinski definition) is 2. The second kappa shape index (κ2) is 8.22. The maximum absolute atomic E-state index is 12.5. The Bertz CT molecular complexity index is 911. The summed E-state index contributed by atoms with van der Waals surface area (Å²) in [5.41, 5.74) is 2.23. The van der Waals surface area contributed by atoms with Gasteiger partial charge in [0.25, 0.3) is 5.91 Å². The van der Waals surface area contributed by atoms with Crippen LogP contribution >= 0.6 is 22.9 Å². The Hall–Kier alpha value is -2.55. The molecule has 0 bridgehead atoms. The number of carbonyl (C=O) groups excluding carboxylic acids is 1. The molecule has 2 aromatic heterocycles. The highest BCUT2D eigenvalue weighted by Crippen LogP contribution is 2.27. The number of halogens is 1. The predicted octanol–water partition coefficient (Wildman–Crippen LogP) is 4.04. The van der Waals surface area contributed by atoms with E-state index in [1.165, 1.54) is 23.9 Å². The molecule has 2 heterocycles. The number of benzene rings is 1. The van der Waals surface area contributed by atoms with Crippen LogP contribution in [0.2, 0.25) is 5.02 Å². The minimum atomic E-state index is -0.269. The first kappa shape index (κ1) is 18.2. The SMILES string of the molecule is COCc1cc(Nc2ncc(C(=O)Nc3c(C)cccc3Cl)s2)ncn1. The van der Waals surface area contributed by atoms with Crippen molar-refractivity contribution in [2.45, 2.75) is 13.5 Å². The molecule has 0 aliphatic carbocycles. The van der Waals surface area contributed by atoms with Gasteiger partial charge in [0.2, 0.25) is 0 Å². The topological polar surface area (TPSA) is 89.0 Å². The molecule has 0 fully saturated rings. The second-order valence-electron chi connectivity index (χ2n) is 5.37. The third-order valence-corrected chi connectivity index (χ3v) is 4.67. The number of hydrogen-bond acceptors (Lipinski definition) is 7. The molecule has 7 nitrogen and oxygen atoms in total. The highest BCUT2D eigenvalue weighted by Gasteiger charge is 2.14. The van der Waals surface area contributed by atoms with E-state index in [0.717, 1.165) is 11.3 Å². The smallest absolute Gasteiger partial charge is 0.267 e. The molecule has 26 heavy (non-hydrogen) atoms. The van der Waals surface area contributed by atoms with E-state index in [1.54, 1.807) is 19.2 Å². The number of nitrogens with zero attached hydrogens (tertiary/aromatic N) is 3. The van der Waals surface area contributed by atoms with E-state index < -0.39 is 0 Å². The zero-order chi connectivity index (χ0) is 18.5. The average molecular weight is 390 g/mol. The quantitative estimate of drug-likeness (QED) is 0.661. The highest BCUT2D eigenvalue weighted by molar-refractivity contribution is 7.17. The molecule has 1 amide bonds. The fourth-order valence-electron chi connectivity index (χ4n) is 2.20. The lowest BCUT2D eigenvalue weighted by atomic mass is 10.2. The molecule has 0 aliphatic rings. The molecule has 0 saturated heterocycles. The van der Waals surface area contributed by atoms with Crippen LogP contribution < -0.4 is 10.6 Å². The molecule has 0 aliphatic heterocycles. The Labute approximate surface area is 159 Å². The lowest BCUT2D eigenvalue weighted by molar-refractivity contribution is 0.103. The molecular weight excluding hydrogens is 374 g/mol. The minimum Gasteiger partial charge on any atom is -0.378 e. The lowest BCUT2D eigenvalue weighted by Gasteiger charge is -2.08. The Morgan fingerprint density at radius 3 is 2.92 bits per heavy atom. The Balaban J connectivity index is 1.71. The van der Waals surface area contributed by atoms with Crippen molar-refractivity contribution in [3.05, 3.63) is 57.9 Å². The summed E-state index contributed by atoms with van der Waals surface area (Å²) in [5.74, 6) is 0.310. The van der Waals surface area contributed by atoms with Crippen molar-refractivity contribution in [3.8, 4) is 0 Å². The Kier molecular flexibility index (Phi) is 5.77.